The van der Waals surface area contributed by atoms with E-state index < -0.39 is 0 Å². The molecule has 1 aliphatic rings. The van der Waals surface area contributed by atoms with Gasteiger partial charge in [-0.15, -0.1) is 0 Å². The van der Waals surface area contributed by atoms with Crippen molar-refractivity contribution in [1.82, 2.24) is 30.1 Å². The zero-order chi connectivity index (χ0) is 20.2. The highest BCUT2D eigenvalue weighted by atomic mass is 16.5. The predicted molar refractivity (Wildman–Crippen MR) is 105 cm³/mol. The number of aryl methyl sites for hydroxylation is 1. The second-order valence-electron chi connectivity index (χ2n) is 7.13. The Morgan fingerprint density at radius 1 is 1.03 bits per heavy atom. The number of ether oxygens (including phenoxy) is 1. The molecule has 9 nitrogen and oxygen atoms in total. The highest BCUT2D eigenvalue weighted by molar-refractivity contribution is 5.55. The van der Waals surface area contributed by atoms with Crippen LogP contribution in [0.4, 0.5) is 0 Å². The van der Waals surface area contributed by atoms with E-state index in [2.05, 4.69) is 37.0 Å². The summed E-state index contributed by atoms with van der Waals surface area (Å²) in [5.74, 6) is 3.47. The van der Waals surface area contributed by atoms with Crippen molar-refractivity contribution < 1.29 is 13.8 Å². The van der Waals surface area contributed by atoms with Crippen LogP contribution in [0.5, 0.6) is 5.75 Å². The fourth-order valence-electron chi connectivity index (χ4n) is 3.41. The topological polar surface area (TPSA) is 93.6 Å². The highest BCUT2D eigenvalue weighted by Gasteiger charge is 2.26. The van der Waals surface area contributed by atoms with Crippen molar-refractivity contribution >= 4 is 0 Å². The molecule has 1 fully saturated rings. The van der Waals surface area contributed by atoms with Gasteiger partial charge in [-0.3, -0.25) is 9.80 Å². The van der Waals surface area contributed by atoms with Gasteiger partial charge in [0.25, 0.3) is 0 Å². The molecule has 4 rings (SSSR count). The first-order valence-electron chi connectivity index (χ1n) is 9.92. The largest absolute Gasteiger partial charge is 0.497 e. The number of methoxy groups -OCH3 is 1. The zero-order valence-electron chi connectivity index (χ0n) is 17.0. The summed E-state index contributed by atoms with van der Waals surface area (Å²) in [5, 5.41) is 8.11. The lowest BCUT2D eigenvalue weighted by atomic mass is 10.2. The number of nitrogens with zero attached hydrogens (tertiary/aromatic N) is 6. The minimum absolute atomic E-state index is 0.120. The Balaban J connectivity index is 1.31. The third-order valence-electron chi connectivity index (χ3n) is 5.29. The van der Waals surface area contributed by atoms with E-state index >= 15 is 0 Å². The quantitative estimate of drug-likeness (QED) is 0.595. The maximum Gasteiger partial charge on any atom is 0.243 e. The van der Waals surface area contributed by atoms with Crippen molar-refractivity contribution in [3.05, 3.63) is 41.9 Å². The van der Waals surface area contributed by atoms with Gasteiger partial charge in [-0.05, 0) is 31.2 Å². The molecule has 1 atom stereocenters. The van der Waals surface area contributed by atoms with Crippen LogP contribution < -0.4 is 4.74 Å². The van der Waals surface area contributed by atoms with Crippen molar-refractivity contribution in [1.29, 1.82) is 0 Å². The molecule has 0 bridgehead atoms. The van der Waals surface area contributed by atoms with Crippen LogP contribution in [0.3, 0.4) is 0 Å². The Morgan fingerprint density at radius 2 is 1.79 bits per heavy atom. The number of benzene rings is 1. The normalized spacial score (nSPS) is 16.8. The summed E-state index contributed by atoms with van der Waals surface area (Å²) in [4.78, 5) is 13.7. The van der Waals surface area contributed by atoms with Gasteiger partial charge in [0.1, 0.15) is 5.75 Å². The number of hydrogen-bond donors (Lipinski definition) is 0. The third-order valence-corrected chi connectivity index (χ3v) is 5.29. The number of rotatable bonds is 7. The van der Waals surface area contributed by atoms with Gasteiger partial charge in [-0.25, -0.2) is 0 Å². The Hall–Kier alpha value is -2.78. The summed E-state index contributed by atoms with van der Waals surface area (Å²) in [6.07, 6.45) is 0.784. The van der Waals surface area contributed by atoms with E-state index in [0.29, 0.717) is 24.2 Å². The molecule has 0 saturated carbocycles. The Bertz CT molecular complexity index is 914. The van der Waals surface area contributed by atoms with Crippen LogP contribution in [0.1, 0.15) is 37.5 Å². The van der Waals surface area contributed by atoms with Crippen LogP contribution >= 0.6 is 0 Å². The van der Waals surface area contributed by atoms with Crippen LogP contribution in [-0.4, -0.2) is 63.4 Å². The molecule has 0 amide bonds. The molecular weight excluding hydrogens is 372 g/mol. The van der Waals surface area contributed by atoms with Crippen molar-refractivity contribution in [3.63, 3.8) is 0 Å². The fourth-order valence-corrected chi connectivity index (χ4v) is 3.41. The second-order valence-corrected chi connectivity index (χ2v) is 7.13. The van der Waals surface area contributed by atoms with E-state index in [0.717, 1.165) is 49.7 Å². The van der Waals surface area contributed by atoms with Gasteiger partial charge in [0.2, 0.25) is 17.6 Å². The van der Waals surface area contributed by atoms with Gasteiger partial charge in [-0.2, -0.15) is 9.97 Å². The van der Waals surface area contributed by atoms with Gasteiger partial charge in [0.05, 0.1) is 19.7 Å². The molecule has 0 N–H and O–H groups in total. The Labute approximate surface area is 169 Å². The Kier molecular flexibility index (Phi) is 5.86. The monoisotopic (exact) mass is 398 g/mol. The van der Waals surface area contributed by atoms with Crippen LogP contribution in [-0.2, 0) is 13.0 Å². The maximum atomic E-state index is 5.46. The highest BCUT2D eigenvalue weighted by Crippen LogP contribution is 2.22. The van der Waals surface area contributed by atoms with Crippen molar-refractivity contribution in [3.8, 4) is 17.1 Å². The van der Waals surface area contributed by atoms with Gasteiger partial charge < -0.3 is 13.8 Å². The first kappa shape index (κ1) is 19.5. The Morgan fingerprint density at radius 3 is 2.45 bits per heavy atom. The number of aromatic nitrogens is 4. The molecule has 0 spiro atoms. The zero-order valence-corrected chi connectivity index (χ0v) is 17.0. The molecule has 154 valence electrons. The lowest BCUT2D eigenvalue weighted by Crippen LogP contribution is -2.46. The van der Waals surface area contributed by atoms with Crippen LogP contribution in [0, 0.1) is 0 Å². The summed E-state index contributed by atoms with van der Waals surface area (Å²) >= 11 is 0. The summed E-state index contributed by atoms with van der Waals surface area (Å²) in [6.45, 7) is 8.46. The van der Waals surface area contributed by atoms with Crippen LogP contribution in [0.2, 0.25) is 0 Å². The van der Waals surface area contributed by atoms with E-state index in [9.17, 15) is 0 Å². The average molecular weight is 398 g/mol. The summed E-state index contributed by atoms with van der Waals surface area (Å²) < 4.78 is 16.0. The maximum absolute atomic E-state index is 5.46. The molecule has 29 heavy (non-hydrogen) atoms. The summed E-state index contributed by atoms with van der Waals surface area (Å²) in [6, 6.07) is 7.75. The smallest absolute Gasteiger partial charge is 0.243 e. The van der Waals surface area contributed by atoms with Gasteiger partial charge in [0, 0.05) is 38.2 Å². The van der Waals surface area contributed by atoms with E-state index in [1.165, 1.54) is 0 Å². The van der Waals surface area contributed by atoms with E-state index in [4.69, 9.17) is 13.8 Å². The number of hydrogen-bond acceptors (Lipinski definition) is 9. The lowest BCUT2D eigenvalue weighted by Gasteiger charge is -2.36. The van der Waals surface area contributed by atoms with E-state index in [1.54, 1.807) is 7.11 Å². The second kappa shape index (κ2) is 8.71. The van der Waals surface area contributed by atoms with Crippen molar-refractivity contribution in [2.24, 2.45) is 0 Å². The predicted octanol–water partition coefficient (Wildman–Crippen LogP) is 2.57. The minimum Gasteiger partial charge on any atom is -0.497 e. The van der Waals surface area contributed by atoms with Gasteiger partial charge >= 0.3 is 0 Å². The molecule has 0 radical (unpaired) electrons. The van der Waals surface area contributed by atoms with Crippen LogP contribution in [0.25, 0.3) is 11.4 Å². The molecule has 9 heteroatoms. The molecule has 2 aromatic heterocycles. The SMILES string of the molecule is CCc1noc([C@H](C)N2CCN(Cc3nc(-c4ccc(OC)cc4)no3)CC2)n1. The third kappa shape index (κ3) is 4.46. The van der Waals surface area contributed by atoms with E-state index in [-0.39, 0.29) is 6.04 Å². The van der Waals surface area contributed by atoms with E-state index in [1.807, 2.05) is 31.2 Å². The minimum atomic E-state index is 0.120. The van der Waals surface area contributed by atoms with Crippen molar-refractivity contribution in [2.75, 3.05) is 33.3 Å². The van der Waals surface area contributed by atoms with Crippen molar-refractivity contribution in [2.45, 2.75) is 32.9 Å². The molecule has 1 aromatic carbocycles. The molecule has 0 unspecified atom stereocenters. The molecule has 3 aromatic rings. The summed E-state index contributed by atoms with van der Waals surface area (Å²) in [7, 11) is 1.65. The molecular formula is C20H26N6O3. The standard InChI is InChI=1S/C20H26N6O3/c1-4-17-21-20(29-23-17)14(2)26-11-9-25(10-12-26)13-18-22-19(24-28-18)15-5-7-16(27-3)8-6-15/h5-8,14H,4,9-13H2,1-3H3/t14-/m0/s1. The first-order valence-corrected chi connectivity index (χ1v) is 9.92. The van der Waals surface area contributed by atoms with Gasteiger partial charge in [-0.1, -0.05) is 17.2 Å². The molecule has 1 aliphatic heterocycles. The van der Waals surface area contributed by atoms with Gasteiger partial charge in [0.15, 0.2) is 5.82 Å². The fraction of sp³-hybridized carbons (Fsp3) is 0.500. The van der Waals surface area contributed by atoms with Crippen LogP contribution in [0.15, 0.2) is 33.3 Å². The number of piperazine rings is 1. The average Bonchev–Trinajstić information content (AvgIpc) is 3.43. The molecule has 1 saturated heterocycles. The molecule has 3 heterocycles. The first-order chi connectivity index (χ1) is 14.2. The molecule has 0 aliphatic carbocycles. The summed E-state index contributed by atoms with van der Waals surface area (Å²) in [5.41, 5.74) is 0.908. The lowest BCUT2D eigenvalue weighted by molar-refractivity contribution is 0.0785.